The minimum atomic E-state index is 0.184. The van der Waals surface area contributed by atoms with E-state index in [0.717, 1.165) is 6.42 Å². The SMILES string of the molecule is C=C(/C=C\CC)[I-]I=Cc1ccccc1C. The van der Waals surface area contributed by atoms with Gasteiger partial charge in [0.05, 0.1) is 0 Å². The van der Waals surface area contributed by atoms with Gasteiger partial charge in [0.25, 0.3) is 0 Å². The first kappa shape index (κ1) is 14.1. The topological polar surface area (TPSA) is 0 Å². The second-order valence-corrected chi connectivity index (χ2v) is 12.2. The van der Waals surface area contributed by atoms with E-state index in [1.54, 1.807) is 0 Å². The summed E-state index contributed by atoms with van der Waals surface area (Å²) in [5, 5.41) is 0. The van der Waals surface area contributed by atoms with Crippen molar-refractivity contribution in [1.29, 1.82) is 0 Å². The van der Waals surface area contributed by atoms with Crippen LogP contribution in [0.15, 0.2) is 46.6 Å². The van der Waals surface area contributed by atoms with Crippen LogP contribution < -0.4 is 17.2 Å². The Labute approximate surface area is 115 Å². The predicted octanol–water partition coefficient (Wildman–Crippen LogP) is 1.60. The molecule has 0 aliphatic carbocycles. The molecular formula is C14H17I2-. The molecule has 2 heteroatoms. The van der Waals surface area contributed by atoms with Gasteiger partial charge in [0.2, 0.25) is 0 Å². The van der Waals surface area contributed by atoms with E-state index < -0.39 is 0 Å². The van der Waals surface area contributed by atoms with Gasteiger partial charge in [-0.25, -0.2) is 0 Å². The average molecular weight is 439 g/mol. The zero-order valence-corrected chi connectivity index (χ0v) is 14.0. The van der Waals surface area contributed by atoms with Crippen LogP contribution in [0.3, 0.4) is 0 Å². The first-order chi connectivity index (χ1) is 7.74. The molecule has 0 unspecified atom stereocenters. The van der Waals surface area contributed by atoms with Crippen molar-refractivity contribution in [3.8, 4) is 0 Å². The molecule has 88 valence electrons. The van der Waals surface area contributed by atoms with Crippen LogP contribution in [0.4, 0.5) is 0 Å². The molecule has 0 nitrogen and oxygen atoms in total. The summed E-state index contributed by atoms with van der Waals surface area (Å²) < 4.78 is 3.82. The molecule has 0 bridgehead atoms. The Kier molecular flexibility index (Phi) is 7.20. The van der Waals surface area contributed by atoms with E-state index in [4.69, 9.17) is 0 Å². The fraction of sp³-hybridized carbons (Fsp3) is 0.214. The summed E-state index contributed by atoms with van der Waals surface area (Å²) in [6, 6.07) is 8.61. The zero-order valence-electron chi connectivity index (χ0n) is 9.71. The molecule has 0 saturated heterocycles. The number of allylic oxidation sites excluding steroid dienone is 3. The van der Waals surface area contributed by atoms with E-state index in [1.807, 2.05) is 0 Å². The molecule has 0 amide bonds. The number of hydrogen-bond acceptors (Lipinski definition) is 0. The Morgan fingerprint density at radius 1 is 1.44 bits per heavy atom. The van der Waals surface area contributed by atoms with Gasteiger partial charge >= 0.3 is 116 Å². The fourth-order valence-corrected chi connectivity index (χ4v) is 8.29. The van der Waals surface area contributed by atoms with Crippen molar-refractivity contribution in [3.63, 3.8) is 0 Å². The van der Waals surface area contributed by atoms with Gasteiger partial charge in [0.1, 0.15) is 0 Å². The Bertz CT molecular complexity index is 403. The quantitative estimate of drug-likeness (QED) is 0.484. The number of aryl methyl sites for hydroxylation is 1. The van der Waals surface area contributed by atoms with Gasteiger partial charge < -0.3 is 0 Å². The van der Waals surface area contributed by atoms with E-state index in [-0.39, 0.29) is 34.0 Å². The van der Waals surface area contributed by atoms with Crippen molar-refractivity contribution in [1.82, 2.24) is 0 Å². The Hall–Kier alpha value is 0.0300. The predicted molar refractivity (Wildman–Crippen MR) is 78.9 cm³/mol. The number of rotatable bonds is 5. The molecule has 1 rings (SSSR count). The summed E-state index contributed by atoms with van der Waals surface area (Å²) in [7, 11) is 0. The molecule has 16 heavy (non-hydrogen) atoms. The van der Waals surface area contributed by atoms with Crippen LogP contribution in [0.2, 0.25) is 0 Å². The number of hydrogen-bond donors (Lipinski definition) is 0. The normalized spacial score (nSPS) is 12.1. The first-order valence-electron chi connectivity index (χ1n) is 5.26. The van der Waals surface area contributed by atoms with Crippen molar-refractivity contribution in [3.05, 3.63) is 57.7 Å². The molecule has 1 aromatic rings. The summed E-state index contributed by atoms with van der Waals surface area (Å²) in [5.74, 6) is 0. The molecular weight excluding hydrogens is 422 g/mol. The van der Waals surface area contributed by atoms with Gasteiger partial charge in [-0.3, -0.25) is 0 Å². The summed E-state index contributed by atoms with van der Waals surface area (Å²) in [5.41, 5.74) is 2.81. The van der Waals surface area contributed by atoms with Crippen LogP contribution in [0.25, 0.3) is 0 Å². The van der Waals surface area contributed by atoms with Crippen LogP contribution in [-0.4, -0.2) is 4.01 Å². The third-order valence-electron chi connectivity index (χ3n) is 2.01. The molecule has 1 aromatic carbocycles. The first-order valence-corrected chi connectivity index (χ1v) is 13.9. The molecule has 0 fully saturated rings. The van der Waals surface area contributed by atoms with E-state index in [1.165, 1.54) is 14.7 Å². The summed E-state index contributed by atoms with van der Waals surface area (Å²) in [6.45, 7) is 8.46. The third-order valence-corrected chi connectivity index (χ3v) is 10.7. The molecule has 0 atom stereocenters. The van der Waals surface area contributed by atoms with Gasteiger partial charge in [-0.2, -0.15) is 0 Å². The van der Waals surface area contributed by atoms with Crippen molar-refractivity contribution in [2.45, 2.75) is 20.3 Å². The Balaban J connectivity index is 2.52. The Morgan fingerprint density at radius 2 is 2.19 bits per heavy atom. The van der Waals surface area contributed by atoms with Gasteiger partial charge in [-0.1, -0.05) is 0 Å². The van der Waals surface area contributed by atoms with Crippen LogP contribution in [-0.2, 0) is 0 Å². The van der Waals surface area contributed by atoms with E-state index in [0.29, 0.717) is 0 Å². The van der Waals surface area contributed by atoms with E-state index in [9.17, 15) is 0 Å². The van der Waals surface area contributed by atoms with E-state index >= 15 is 0 Å². The molecule has 0 heterocycles. The standard InChI is InChI=1S/C14H17I2/c1-4-5-9-13(3)16-15-11-14-10-7-6-8-12(14)2/h5-11H,3-4H2,1-2H3/q-1/b9-5-. The van der Waals surface area contributed by atoms with Crippen molar-refractivity contribution >= 4 is 20.8 Å². The Morgan fingerprint density at radius 3 is 2.88 bits per heavy atom. The number of halogens is 2. The molecule has 0 radical (unpaired) electrons. The second kappa shape index (κ2) is 8.17. The summed E-state index contributed by atoms with van der Waals surface area (Å²) in [6.07, 6.45) is 5.53. The molecule has 0 saturated carbocycles. The summed E-state index contributed by atoms with van der Waals surface area (Å²) >= 11 is 0.390. The second-order valence-electron chi connectivity index (χ2n) is 3.38. The summed E-state index contributed by atoms with van der Waals surface area (Å²) in [4.78, 5) is 0. The van der Waals surface area contributed by atoms with Gasteiger partial charge in [0, 0.05) is 0 Å². The van der Waals surface area contributed by atoms with Crippen molar-refractivity contribution in [2.75, 3.05) is 0 Å². The van der Waals surface area contributed by atoms with Gasteiger partial charge in [0.15, 0.2) is 0 Å². The van der Waals surface area contributed by atoms with Crippen LogP contribution in [0, 0.1) is 6.92 Å². The molecule has 0 aliphatic heterocycles. The molecule has 0 aliphatic rings. The van der Waals surface area contributed by atoms with Crippen LogP contribution in [0.5, 0.6) is 0 Å². The average Bonchev–Trinajstić information content (AvgIpc) is 2.29. The van der Waals surface area contributed by atoms with Crippen LogP contribution in [0.1, 0.15) is 24.5 Å². The van der Waals surface area contributed by atoms with E-state index in [2.05, 4.69) is 60.9 Å². The van der Waals surface area contributed by atoms with Crippen molar-refractivity contribution in [2.24, 2.45) is 0 Å². The van der Waals surface area contributed by atoms with Crippen LogP contribution >= 0.6 is 16.8 Å². The molecule has 0 N–H and O–H groups in total. The molecule has 0 spiro atoms. The third kappa shape index (κ3) is 5.39. The maximum atomic E-state index is 4.12. The molecule has 0 aromatic heterocycles. The van der Waals surface area contributed by atoms with Gasteiger partial charge in [-0.15, -0.1) is 0 Å². The zero-order chi connectivity index (χ0) is 11.8. The minimum absolute atomic E-state index is 0.184. The van der Waals surface area contributed by atoms with Gasteiger partial charge in [-0.05, 0) is 0 Å². The fourth-order valence-electron chi connectivity index (χ4n) is 1.10. The number of benzene rings is 1. The monoisotopic (exact) mass is 439 g/mol. The maximum absolute atomic E-state index is 4.12. The van der Waals surface area contributed by atoms with Crippen molar-refractivity contribution < 1.29 is 17.2 Å².